The van der Waals surface area contributed by atoms with Gasteiger partial charge in [-0.15, -0.1) is 0 Å². The van der Waals surface area contributed by atoms with E-state index in [1.54, 1.807) is 12.1 Å². The molecule has 2 N–H and O–H groups in total. The standard InChI is InChI=1S/C9H13BO3/c1-6-4-9(13-10(11)12)5-7(2)8(6)3/h4-5,11-12H,1-3H3. The van der Waals surface area contributed by atoms with Gasteiger partial charge in [-0.05, 0) is 49.6 Å². The second kappa shape index (κ2) is 3.81. The maximum Gasteiger partial charge on any atom is 0.707 e. The molecule has 0 atom stereocenters. The molecule has 1 rings (SSSR count). The first kappa shape index (κ1) is 10.1. The summed E-state index contributed by atoms with van der Waals surface area (Å²) in [5.74, 6) is 0.482. The van der Waals surface area contributed by atoms with Crippen LogP contribution in [0, 0.1) is 20.8 Å². The predicted octanol–water partition coefficient (Wildman–Crippen LogP) is 0.960. The Hall–Kier alpha value is -0.995. The smallest absolute Gasteiger partial charge is 0.512 e. The lowest BCUT2D eigenvalue weighted by Crippen LogP contribution is -2.20. The van der Waals surface area contributed by atoms with Gasteiger partial charge >= 0.3 is 7.32 Å². The predicted molar refractivity (Wildman–Crippen MR) is 51.5 cm³/mol. The number of aryl methyl sites for hydroxylation is 2. The second-order valence-electron chi connectivity index (χ2n) is 3.13. The van der Waals surface area contributed by atoms with Gasteiger partial charge in [0.05, 0.1) is 0 Å². The molecule has 0 aliphatic heterocycles. The van der Waals surface area contributed by atoms with Crippen molar-refractivity contribution in [3.05, 3.63) is 28.8 Å². The fraction of sp³-hybridized carbons (Fsp3) is 0.333. The normalized spacial score (nSPS) is 9.92. The molecule has 0 aromatic heterocycles. The van der Waals surface area contributed by atoms with Gasteiger partial charge in [0.2, 0.25) is 0 Å². The van der Waals surface area contributed by atoms with Gasteiger partial charge in [0, 0.05) is 0 Å². The van der Waals surface area contributed by atoms with Crippen molar-refractivity contribution >= 4 is 7.32 Å². The van der Waals surface area contributed by atoms with Crippen LogP contribution in [0.1, 0.15) is 16.7 Å². The Bertz CT molecular complexity index is 287. The third kappa shape index (κ3) is 2.47. The minimum Gasteiger partial charge on any atom is -0.512 e. The summed E-state index contributed by atoms with van der Waals surface area (Å²) in [6.07, 6.45) is 0. The highest BCUT2D eigenvalue weighted by molar-refractivity contribution is 6.33. The summed E-state index contributed by atoms with van der Waals surface area (Å²) in [5.41, 5.74) is 3.35. The van der Waals surface area contributed by atoms with Crippen LogP contribution in [0.4, 0.5) is 0 Å². The molecule has 0 spiro atoms. The number of hydrogen-bond donors (Lipinski definition) is 2. The van der Waals surface area contributed by atoms with Crippen LogP contribution in [-0.4, -0.2) is 17.4 Å². The summed E-state index contributed by atoms with van der Waals surface area (Å²) < 4.78 is 4.74. The van der Waals surface area contributed by atoms with Crippen LogP contribution in [0.25, 0.3) is 0 Å². The largest absolute Gasteiger partial charge is 0.707 e. The van der Waals surface area contributed by atoms with Gasteiger partial charge in [-0.1, -0.05) is 0 Å². The fourth-order valence-corrected chi connectivity index (χ4v) is 1.19. The lowest BCUT2D eigenvalue weighted by Gasteiger charge is -2.09. The molecule has 1 aromatic carbocycles. The van der Waals surface area contributed by atoms with E-state index in [0.29, 0.717) is 5.75 Å². The van der Waals surface area contributed by atoms with Gasteiger partial charge in [-0.25, -0.2) is 0 Å². The molecule has 0 aliphatic carbocycles. The molecular formula is C9H13BO3. The summed E-state index contributed by atoms with van der Waals surface area (Å²) in [4.78, 5) is 0. The summed E-state index contributed by atoms with van der Waals surface area (Å²) in [6.45, 7) is 5.93. The highest BCUT2D eigenvalue weighted by atomic mass is 16.6. The van der Waals surface area contributed by atoms with Crippen molar-refractivity contribution in [1.29, 1.82) is 0 Å². The van der Waals surface area contributed by atoms with E-state index in [2.05, 4.69) is 0 Å². The van der Waals surface area contributed by atoms with Crippen LogP contribution in [0.5, 0.6) is 5.75 Å². The Balaban J connectivity index is 2.99. The highest BCUT2D eigenvalue weighted by Crippen LogP contribution is 2.20. The minimum atomic E-state index is -1.75. The Morgan fingerprint density at radius 1 is 1.08 bits per heavy atom. The van der Waals surface area contributed by atoms with Crippen LogP contribution < -0.4 is 4.65 Å². The fourth-order valence-electron chi connectivity index (χ4n) is 1.19. The van der Waals surface area contributed by atoms with Gasteiger partial charge in [0.25, 0.3) is 0 Å². The molecule has 0 fully saturated rings. The van der Waals surface area contributed by atoms with Crippen LogP contribution in [0.3, 0.4) is 0 Å². The van der Waals surface area contributed by atoms with Crippen molar-refractivity contribution in [2.45, 2.75) is 20.8 Å². The zero-order valence-electron chi connectivity index (χ0n) is 8.03. The van der Waals surface area contributed by atoms with E-state index in [9.17, 15) is 0 Å². The SMILES string of the molecule is Cc1cc(OB(O)O)cc(C)c1C. The summed E-state index contributed by atoms with van der Waals surface area (Å²) in [6, 6.07) is 3.56. The molecule has 1 aromatic rings. The Morgan fingerprint density at radius 3 is 1.92 bits per heavy atom. The number of rotatable bonds is 2. The van der Waals surface area contributed by atoms with Crippen LogP contribution >= 0.6 is 0 Å². The van der Waals surface area contributed by atoms with Gasteiger partial charge < -0.3 is 14.7 Å². The molecular weight excluding hydrogens is 167 g/mol. The third-order valence-corrected chi connectivity index (χ3v) is 2.14. The van der Waals surface area contributed by atoms with E-state index >= 15 is 0 Å². The van der Waals surface area contributed by atoms with E-state index in [0.717, 1.165) is 11.1 Å². The van der Waals surface area contributed by atoms with Crippen LogP contribution in [0.2, 0.25) is 0 Å². The summed E-state index contributed by atoms with van der Waals surface area (Å²) in [5, 5.41) is 17.2. The van der Waals surface area contributed by atoms with Crippen LogP contribution in [-0.2, 0) is 0 Å². The first-order valence-electron chi connectivity index (χ1n) is 4.11. The van der Waals surface area contributed by atoms with E-state index in [4.69, 9.17) is 14.7 Å². The zero-order chi connectivity index (χ0) is 10.0. The van der Waals surface area contributed by atoms with Crippen LogP contribution in [0.15, 0.2) is 12.1 Å². The van der Waals surface area contributed by atoms with Crippen molar-refractivity contribution in [2.24, 2.45) is 0 Å². The molecule has 70 valence electrons. The van der Waals surface area contributed by atoms with E-state index in [1.807, 2.05) is 20.8 Å². The molecule has 0 heterocycles. The minimum absolute atomic E-state index is 0.482. The van der Waals surface area contributed by atoms with Gasteiger partial charge in [-0.3, -0.25) is 0 Å². The molecule has 0 unspecified atom stereocenters. The van der Waals surface area contributed by atoms with Crippen molar-refractivity contribution in [1.82, 2.24) is 0 Å². The van der Waals surface area contributed by atoms with Crippen molar-refractivity contribution < 1.29 is 14.7 Å². The summed E-state index contributed by atoms with van der Waals surface area (Å²) in [7, 11) is -1.75. The maximum absolute atomic E-state index is 8.59. The molecule has 0 radical (unpaired) electrons. The Kier molecular flexibility index (Phi) is 2.96. The zero-order valence-corrected chi connectivity index (χ0v) is 8.03. The lowest BCUT2D eigenvalue weighted by molar-refractivity contribution is 0.288. The first-order valence-corrected chi connectivity index (χ1v) is 4.11. The number of benzene rings is 1. The maximum atomic E-state index is 8.59. The molecule has 0 bridgehead atoms. The first-order chi connectivity index (χ1) is 6.00. The quantitative estimate of drug-likeness (QED) is 0.666. The molecule has 13 heavy (non-hydrogen) atoms. The Labute approximate surface area is 78.2 Å². The van der Waals surface area contributed by atoms with Crippen molar-refractivity contribution in [2.75, 3.05) is 0 Å². The second-order valence-corrected chi connectivity index (χ2v) is 3.13. The van der Waals surface area contributed by atoms with E-state index in [-0.39, 0.29) is 0 Å². The van der Waals surface area contributed by atoms with Gasteiger partial charge in [0.1, 0.15) is 5.75 Å². The average Bonchev–Trinajstić information content (AvgIpc) is 1.98. The monoisotopic (exact) mass is 180 g/mol. The van der Waals surface area contributed by atoms with E-state index in [1.165, 1.54) is 5.56 Å². The Morgan fingerprint density at radius 2 is 1.54 bits per heavy atom. The molecule has 0 saturated heterocycles. The van der Waals surface area contributed by atoms with Crippen molar-refractivity contribution in [3.8, 4) is 5.75 Å². The molecule has 0 aliphatic rings. The number of hydrogen-bond acceptors (Lipinski definition) is 3. The summed E-state index contributed by atoms with van der Waals surface area (Å²) >= 11 is 0. The highest BCUT2D eigenvalue weighted by Gasteiger charge is 2.12. The average molecular weight is 180 g/mol. The molecule has 0 saturated carbocycles. The molecule has 4 heteroatoms. The third-order valence-electron chi connectivity index (χ3n) is 2.14. The van der Waals surface area contributed by atoms with E-state index < -0.39 is 7.32 Å². The molecule has 3 nitrogen and oxygen atoms in total. The topological polar surface area (TPSA) is 49.7 Å². The van der Waals surface area contributed by atoms with Gasteiger partial charge in [0.15, 0.2) is 0 Å². The van der Waals surface area contributed by atoms with Gasteiger partial charge in [-0.2, -0.15) is 0 Å². The molecule has 0 amide bonds. The lowest BCUT2D eigenvalue weighted by atomic mass is 10.0. The van der Waals surface area contributed by atoms with Crippen molar-refractivity contribution in [3.63, 3.8) is 0 Å².